The highest BCUT2D eigenvalue weighted by molar-refractivity contribution is 5.58. The van der Waals surface area contributed by atoms with E-state index in [1.54, 1.807) is 7.11 Å². The van der Waals surface area contributed by atoms with Crippen molar-refractivity contribution in [3.8, 4) is 11.3 Å². The van der Waals surface area contributed by atoms with Crippen LogP contribution in [0.3, 0.4) is 0 Å². The predicted molar refractivity (Wildman–Crippen MR) is 71.6 cm³/mol. The van der Waals surface area contributed by atoms with Gasteiger partial charge in [-0.2, -0.15) is 0 Å². The second-order valence-corrected chi connectivity index (χ2v) is 4.88. The van der Waals surface area contributed by atoms with Crippen molar-refractivity contribution in [1.29, 1.82) is 0 Å². The monoisotopic (exact) mass is 242 g/mol. The van der Waals surface area contributed by atoms with Crippen LogP contribution in [0.5, 0.6) is 0 Å². The zero-order chi connectivity index (χ0) is 12.4. The van der Waals surface area contributed by atoms with Crippen LogP contribution in [0.2, 0.25) is 0 Å². The lowest BCUT2D eigenvalue weighted by atomic mass is 10.1. The topological polar surface area (TPSA) is 22.4 Å². The molecule has 0 saturated carbocycles. The van der Waals surface area contributed by atoms with Gasteiger partial charge in [-0.05, 0) is 24.5 Å². The molecule has 3 rings (SSSR count). The quantitative estimate of drug-likeness (QED) is 0.746. The molecule has 18 heavy (non-hydrogen) atoms. The van der Waals surface area contributed by atoms with Gasteiger partial charge in [-0.15, -0.1) is 0 Å². The van der Waals surface area contributed by atoms with Crippen molar-refractivity contribution >= 4 is 0 Å². The Morgan fingerprint density at radius 3 is 2.83 bits per heavy atom. The van der Waals surface area contributed by atoms with Crippen LogP contribution in [0, 0.1) is 0 Å². The van der Waals surface area contributed by atoms with Crippen molar-refractivity contribution in [2.45, 2.75) is 31.8 Å². The normalized spacial score (nSPS) is 19.3. The molecule has 94 valence electrons. The molecule has 1 aliphatic carbocycles. The maximum atomic E-state index is 6.01. The third kappa shape index (κ3) is 2.21. The van der Waals surface area contributed by atoms with Crippen molar-refractivity contribution in [3.63, 3.8) is 0 Å². The Kier molecular flexibility index (Phi) is 3.20. The Balaban J connectivity index is 1.93. The van der Waals surface area contributed by atoms with Gasteiger partial charge in [-0.1, -0.05) is 30.3 Å². The van der Waals surface area contributed by atoms with Gasteiger partial charge in [-0.3, -0.25) is 0 Å². The third-order valence-electron chi connectivity index (χ3n) is 3.67. The molecular weight excluding hydrogens is 224 g/mol. The van der Waals surface area contributed by atoms with E-state index in [1.807, 2.05) is 18.2 Å². The lowest BCUT2D eigenvalue weighted by Gasteiger charge is -2.10. The molecule has 0 radical (unpaired) electrons. The summed E-state index contributed by atoms with van der Waals surface area (Å²) in [6, 6.07) is 12.5. The van der Waals surface area contributed by atoms with Gasteiger partial charge in [0.2, 0.25) is 0 Å². The van der Waals surface area contributed by atoms with E-state index in [2.05, 4.69) is 18.2 Å². The van der Waals surface area contributed by atoms with Crippen LogP contribution in [-0.2, 0) is 17.6 Å². The third-order valence-corrected chi connectivity index (χ3v) is 3.67. The Morgan fingerprint density at radius 1 is 1.22 bits per heavy atom. The molecule has 0 amide bonds. The van der Waals surface area contributed by atoms with Gasteiger partial charge in [0.1, 0.15) is 11.5 Å². The first-order chi connectivity index (χ1) is 8.86. The van der Waals surface area contributed by atoms with Gasteiger partial charge in [-0.25, -0.2) is 0 Å². The van der Waals surface area contributed by atoms with Crippen molar-refractivity contribution in [3.05, 3.63) is 47.7 Å². The molecule has 0 fully saturated rings. The first-order valence-corrected chi connectivity index (χ1v) is 6.56. The summed E-state index contributed by atoms with van der Waals surface area (Å²) in [5.74, 6) is 2.13. The van der Waals surface area contributed by atoms with Crippen LogP contribution in [-0.4, -0.2) is 13.2 Å². The van der Waals surface area contributed by atoms with Gasteiger partial charge in [0.25, 0.3) is 0 Å². The molecule has 1 aliphatic rings. The molecule has 0 aliphatic heterocycles. The Hall–Kier alpha value is -1.54. The average molecular weight is 242 g/mol. The Morgan fingerprint density at radius 2 is 2.06 bits per heavy atom. The second kappa shape index (κ2) is 4.99. The molecule has 0 spiro atoms. The van der Waals surface area contributed by atoms with Crippen LogP contribution >= 0.6 is 0 Å². The zero-order valence-electron chi connectivity index (χ0n) is 10.7. The van der Waals surface area contributed by atoms with E-state index in [1.165, 1.54) is 5.56 Å². The number of hydrogen-bond acceptors (Lipinski definition) is 2. The standard InChI is InChI=1S/C16H18O2/c1-17-14-8-5-9-15-13(10-14)11-16(18-15)12-6-3-2-4-7-12/h2-4,6-7,11,14H,5,8-10H2,1H3. The molecule has 0 N–H and O–H groups in total. The minimum absolute atomic E-state index is 0.340. The first-order valence-electron chi connectivity index (χ1n) is 6.56. The highest BCUT2D eigenvalue weighted by Gasteiger charge is 2.20. The van der Waals surface area contributed by atoms with Crippen LogP contribution in [0.1, 0.15) is 24.2 Å². The number of ether oxygens (including phenoxy) is 1. The molecule has 1 atom stereocenters. The molecule has 1 unspecified atom stereocenters. The van der Waals surface area contributed by atoms with Gasteiger partial charge in [0, 0.05) is 25.5 Å². The van der Waals surface area contributed by atoms with Gasteiger partial charge < -0.3 is 9.15 Å². The molecule has 2 nitrogen and oxygen atoms in total. The van der Waals surface area contributed by atoms with E-state index < -0.39 is 0 Å². The van der Waals surface area contributed by atoms with Crippen molar-refractivity contribution in [2.75, 3.05) is 7.11 Å². The summed E-state index contributed by atoms with van der Waals surface area (Å²) < 4.78 is 11.5. The SMILES string of the molecule is COC1CCCc2oc(-c3ccccc3)cc2C1. The van der Waals surface area contributed by atoms with Crippen molar-refractivity contribution < 1.29 is 9.15 Å². The average Bonchev–Trinajstić information content (AvgIpc) is 2.72. The first kappa shape index (κ1) is 11.5. The fraction of sp³-hybridized carbons (Fsp3) is 0.375. The lowest BCUT2D eigenvalue weighted by Crippen LogP contribution is -2.11. The lowest BCUT2D eigenvalue weighted by molar-refractivity contribution is 0.0960. The van der Waals surface area contributed by atoms with Crippen LogP contribution < -0.4 is 0 Å². The van der Waals surface area contributed by atoms with E-state index in [0.29, 0.717) is 6.10 Å². The summed E-state index contributed by atoms with van der Waals surface area (Å²) in [7, 11) is 1.80. The van der Waals surface area contributed by atoms with E-state index in [-0.39, 0.29) is 0 Å². The molecule has 1 heterocycles. The van der Waals surface area contributed by atoms with Crippen LogP contribution in [0.25, 0.3) is 11.3 Å². The van der Waals surface area contributed by atoms with E-state index in [0.717, 1.165) is 42.8 Å². The fourth-order valence-corrected chi connectivity index (χ4v) is 2.63. The number of methoxy groups -OCH3 is 1. The number of rotatable bonds is 2. The minimum atomic E-state index is 0.340. The number of aryl methyl sites for hydroxylation is 1. The van der Waals surface area contributed by atoms with Gasteiger partial charge >= 0.3 is 0 Å². The minimum Gasteiger partial charge on any atom is -0.461 e. The number of furan rings is 1. The molecular formula is C16H18O2. The maximum absolute atomic E-state index is 6.01. The Bertz CT molecular complexity index is 513. The smallest absolute Gasteiger partial charge is 0.134 e. The van der Waals surface area contributed by atoms with Crippen LogP contribution in [0.4, 0.5) is 0 Å². The van der Waals surface area contributed by atoms with Crippen molar-refractivity contribution in [2.24, 2.45) is 0 Å². The van der Waals surface area contributed by atoms with Gasteiger partial charge in [0.05, 0.1) is 6.10 Å². The highest BCUT2D eigenvalue weighted by atomic mass is 16.5. The molecule has 1 aromatic heterocycles. The number of benzene rings is 1. The Labute approximate surface area is 108 Å². The van der Waals surface area contributed by atoms with Crippen LogP contribution in [0.15, 0.2) is 40.8 Å². The molecule has 0 bridgehead atoms. The summed E-state index contributed by atoms with van der Waals surface area (Å²) >= 11 is 0. The summed E-state index contributed by atoms with van der Waals surface area (Å²) in [5.41, 5.74) is 2.47. The van der Waals surface area contributed by atoms with Gasteiger partial charge in [0.15, 0.2) is 0 Å². The van der Waals surface area contributed by atoms with Crippen molar-refractivity contribution in [1.82, 2.24) is 0 Å². The highest BCUT2D eigenvalue weighted by Crippen LogP contribution is 2.30. The molecule has 2 aromatic rings. The molecule has 0 saturated heterocycles. The number of hydrogen-bond donors (Lipinski definition) is 0. The molecule has 1 aromatic carbocycles. The largest absolute Gasteiger partial charge is 0.461 e. The zero-order valence-corrected chi connectivity index (χ0v) is 10.7. The maximum Gasteiger partial charge on any atom is 0.134 e. The summed E-state index contributed by atoms with van der Waals surface area (Å²) in [5, 5.41) is 0. The fourth-order valence-electron chi connectivity index (χ4n) is 2.63. The summed E-state index contributed by atoms with van der Waals surface area (Å²) in [6.45, 7) is 0. The molecule has 2 heteroatoms. The second-order valence-electron chi connectivity index (χ2n) is 4.88. The summed E-state index contributed by atoms with van der Waals surface area (Å²) in [6.07, 6.45) is 4.62. The van der Waals surface area contributed by atoms with E-state index in [9.17, 15) is 0 Å². The number of fused-ring (bicyclic) bond motifs is 1. The summed E-state index contributed by atoms with van der Waals surface area (Å²) in [4.78, 5) is 0. The van der Waals surface area contributed by atoms with E-state index >= 15 is 0 Å². The predicted octanol–water partition coefficient (Wildman–Crippen LogP) is 3.84. The van der Waals surface area contributed by atoms with E-state index in [4.69, 9.17) is 9.15 Å².